The molecule has 0 saturated heterocycles. The Morgan fingerprint density at radius 1 is 1.27 bits per heavy atom. The predicted molar refractivity (Wildman–Crippen MR) is 110 cm³/mol. The smallest absolute Gasteiger partial charge is 0.0677 e. The molecule has 26 heavy (non-hydrogen) atoms. The van der Waals surface area contributed by atoms with E-state index in [0.717, 1.165) is 31.5 Å². The van der Waals surface area contributed by atoms with Gasteiger partial charge in [-0.3, -0.25) is 5.41 Å². The summed E-state index contributed by atoms with van der Waals surface area (Å²) in [6.45, 7) is 4.61. The molecule has 1 aromatic rings. The molecular formula is C22H34N4. The number of rotatable bonds is 6. The van der Waals surface area contributed by atoms with Crippen LogP contribution in [0.4, 0.5) is 0 Å². The zero-order valence-corrected chi connectivity index (χ0v) is 16.4. The lowest BCUT2D eigenvalue weighted by Crippen LogP contribution is -2.39. The summed E-state index contributed by atoms with van der Waals surface area (Å²) >= 11 is 0. The SMILES string of the molecule is CCc1c(CN)cccc1C(=N)C1=C(NC2CCCCC2)CCN(C)C1. The Labute approximate surface area is 158 Å². The summed E-state index contributed by atoms with van der Waals surface area (Å²) in [6, 6.07) is 6.83. The molecule has 142 valence electrons. The molecule has 1 heterocycles. The molecule has 1 aromatic carbocycles. The third-order valence-electron chi connectivity index (χ3n) is 5.94. The zero-order valence-electron chi connectivity index (χ0n) is 16.4. The normalized spacial score (nSPS) is 19.7. The van der Waals surface area contributed by atoms with Gasteiger partial charge in [0.2, 0.25) is 0 Å². The summed E-state index contributed by atoms with van der Waals surface area (Å²) in [4.78, 5) is 2.33. The fourth-order valence-corrected chi connectivity index (χ4v) is 4.42. The van der Waals surface area contributed by atoms with Crippen LogP contribution < -0.4 is 11.1 Å². The van der Waals surface area contributed by atoms with Gasteiger partial charge in [0.15, 0.2) is 0 Å². The highest BCUT2D eigenvalue weighted by atomic mass is 15.1. The Hall–Kier alpha value is -1.65. The molecule has 4 heteroatoms. The van der Waals surface area contributed by atoms with Gasteiger partial charge >= 0.3 is 0 Å². The van der Waals surface area contributed by atoms with Gasteiger partial charge in [0.25, 0.3) is 0 Å². The number of nitrogens with one attached hydrogen (secondary N) is 2. The van der Waals surface area contributed by atoms with Gasteiger partial charge in [0, 0.05) is 48.9 Å². The Morgan fingerprint density at radius 3 is 2.73 bits per heavy atom. The molecule has 1 fully saturated rings. The van der Waals surface area contributed by atoms with Crippen molar-refractivity contribution in [3.8, 4) is 0 Å². The number of likely N-dealkylation sites (N-methyl/N-ethyl adjacent to an activating group) is 1. The standard InChI is InChI=1S/C22H34N4/c1-3-18-16(14-23)8-7-11-19(18)22(24)20-15-26(2)13-12-21(20)25-17-9-5-4-6-10-17/h7-8,11,17,24-25H,3-6,9-10,12-15,23H2,1-2H3. The average molecular weight is 355 g/mol. The van der Waals surface area contributed by atoms with Crippen LogP contribution in [0.3, 0.4) is 0 Å². The summed E-state index contributed by atoms with van der Waals surface area (Å²) < 4.78 is 0. The van der Waals surface area contributed by atoms with Crippen LogP contribution in [-0.2, 0) is 13.0 Å². The van der Waals surface area contributed by atoms with Gasteiger partial charge in [-0.05, 0) is 37.4 Å². The van der Waals surface area contributed by atoms with Crippen LogP contribution in [0.1, 0.15) is 62.1 Å². The molecule has 0 unspecified atom stereocenters. The highest BCUT2D eigenvalue weighted by molar-refractivity contribution is 6.12. The van der Waals surface area contributed by atoms with Crippen molar-refractivity contribution >= 4 is 5.71 Å². The fourth-order valence-electron chi connectivity index (χ4n) is 4.42. The van der Waals surface area contributed by atoms with Crippen LogP contribution in [0.25, 0.3) is 0 Å². The van der Waals surface area contributed by atoms with Gasteiger partial charge in [0.05, 0.1) is 5.71 Å². The number of hydrogen-bond acceptors (Lipinski definition) is 4. The lowest BCUT2D eigenvalue weighted by Gasteiger charge is -2.33. The largest absolute Gasteiger partial charge is 0.385 e. The summed E-state index contributed by atoms with van der Waals surface area (Å²) in [6.07, 6.45) is 8.49. The molecule has 0 spiro atoms. The van der Waals surface area contributed by atoms with Crippen molar-refractivity contribution in [2.45, 2.75) is 64.5 Å². The van der Waals surface area contributed by atoms with Crippen molar-refractivity contribution in [2.24, 2.45) is 5.73 Å². The van der Waals surface area contributed by atoms with Crippen LogP contribution in [0.2, 0.25) is 0 Å². The van der Waals surface area contributed by atoms with Crippen LogP contribution >= 0.6 is 0 Å². The second-order valence-electron chi connectivity index (χ2n) is 7.80. The van der Waals surface area contributed by atoms with Crippen molar-refractivity contribution < 1.29 is 0 Å². The third kappa shape index (κ3) is 4.18. The second kappa shape index (κ2) is 8.83. The lowest BCUT2D eigenvalue weighted by atomic mass is 9.89. The van der Waals surface area contributed by atoms with E-state index in [1.807, 2.05) is 6.07 Å². The van der Waals surface area contributed by atoms with E-state index in [1.165, 1.54) is 54.5 Å². The minimum atomic E-state index is 0.538. The van der Waals surface area contributed by atoms with Crippen LogP contribution in [0.15, 0.2) is 29.5 Å². The Morgan fingerprint density at radius 2 is 2.04 bits per heavy atom. The van der Waals surface area contributed by atoms with Crippen molar-refractivity contribution in [2.75, 3.05) is 20.1 Å². The summed E-state index contributed by atoms with van der Waals surface area (Å²) in [7, 11) is 2.15. The van der Waals surface area contributed by atoms with Gasteiger partial charge in [-0.1, -0.05) is 44.4 Å². The topological polar surface area (TPSA) is 65.1 Å². The predicted octanol–water partition coefficient (Wildman–Crippen LogP) is 3.59. The second-order valence-corrected chi connectivity index (χ2v) is 7.80. The number of hydrogen-bond donors (Lipinski definition) is 3. The minimum Gasteiger partial charge on any atom is -0.385 e. The Balaban J connectivity index is 1.93. The molecule has 4 N–H and O–H groups in total. The molecule has 0 aromatic heterocycles. The van der Waals surface area contributed by atoms with Crippen molar-refractivity contribution in [3.05, 3.63) is 46.2 Å². The monoisotopic (exact) mass is 354 g/mol. The van der Waals surface area contributed by atoms with Crippen LogP contribution in [0, 0.1) is 5.41 Å². The van der Waals surface area contributed by atoms with Gasteiger partial charge < -0.3 is 16.0 Å². The Kier molecular flexibility index (Phi) is 6.49. The lowest BCUT2D eigenvalue weighted by molar-refractivity contribution is 0.331. The maximum atomic E-state index is 9.01. The first-order valence-corrected chi connectivity index (χ1v) is 10.2. The van der Waals surface area contributed by atoms with Gasteiger partial charge in [-0.2, -0.15) is 0 Å². The first-order valence-electron chi connectivity index (χ1n) is 10.2. The molecule has 0 atom stereocenters. The Bertz CT molecular complexity index is 671. The van der Waals surface area contributed by atoms with E-state index in [0.29, 0.717) is 18.3 Å². The molecule has 1 aliphatic carbocycles. The maximum absolute atomic E-state index is 9.01. The van der Waals surface area contributed by atoms with Crippen molar-refractivity contribution in [3.63, 3.8) is 0 Å². The molecule has 4 nitrogen and oxygen atoms in total. The molecular weight excluding hydrogens is 320 g/mol. The van der Waals surface area contributed by atoms with E-state index >= 15 is 0 Å². The highest BCUT2D eigenvalue weighted by Gasteiger charge is 2.24. The summed E-state index contributed by atoms with van der Waals surface area (Å²) in [5.41, 5.74) is 12.6. The maximum Gasteiger partial charge on any atom is 0.0677 e. The third-order valence-corrected chi connectivity index (χ3v) is 5.94. The van der Waals surface area contributed by atoms with Gasteiger partial charge in [0.1, 0.15) is 0 Å². The van der Waals surface area contributed by atoms with E-state index in [1.54, 1.807) is 0 Å². The molecule has 0 bridgehead atoms. The number of benzene rings is 1. The first-order chi connectivity index (χ1) is 12.6. The molecule has 2 aliphatic rings. The molecule has 1 saturated carbocycles. The van der Waals surface area contributed by atoms with E-state index < -0.39 is 0 Å². The van der Waals surface area contributed by atoms with Crippen molar-refractivity contribution in [1.29, 1.82) is 5.41 Å². The highest BCUT2D eigenvalue weighted by Crippen LogP contribution is 2.26. The van der Waals surface area contributed by atoms with E-state index in [-0.39, 0.29) is 0 Å². The number of nitrogens with zero attached hydrogens (tertiary/aromatic N) is 1. The van der Waals surface area contributed by atoms with Gasteiger partial charge in [-0.25, -0.2) is 0 Å². The molecule has 0 radical (unpaired) electrons. The summed E-state index contributed by atoms with van der Waals surface area (Å²) in [5, 5.41) is 12.8. The average Bonchev–Trinajstić information content (AvgIpc) is 2.68. The van der Waals surface area contributed by atoms with E-state index in [2.05, 4.69) is 36.3 Å². The van der Waals surface area contributed by atoms with Crippen LogP contribution in [0.5, 0.6) is 0 Å². The number of nitrogens with two attached hydrogens (primary N) is 1. The molecule has 3 rings (SSSR count). The van der Waals surface area contributed by atoms with Gasteiger partial charge in [-0.15, -0.1) is 0 Å². The van der Waals surface area contributed by atoms with E-state index in [9.17, 15) is 0 Å². The quantitative estimate of drug-likeness (QED) is 0.684. The summed E-state index contributed by atoms with van der Waals surface area (Å²) in [5.74, 6) is 0. The zero-order chi connectivity index (χ0) is 18.5. The minimum absolute atomic E-state index is 0.538. The molecule has 1 aliphatic heterocycles. The molecule has 0 amide bonds. The fraction of sp³-hybridized carbons (Fsp3) is 0.591. The van der Waals surface area contributed by atoms with Crippen molar-refractivity contribution in [1.82, 2.24) is 10.2 Å². The van der Waals surface area contributed by atoms with Crippen LogP contribution in [-0.4, -0.2) is 36.8 Å². The first kappa shape index (κ1) is 19.1. The van der Waals surface area contributed by atoms with E-state index in [4.69, 9.17) is 11.1 Å².